The number of hydrogen-bond acceptors (Lipinski definition) is 15. The Balaban J connectivity index is 5.18. The minimum atomic E-state index is -4.96. The monoisotopic (exact) mass is 1400 g/mol. The van der Waals surface area contributed by atoms with Crippen LogP contribution in [0.5, 0.6) is 0 Å². The number of unbranched alkanes of at least 4 members (excludes halogenated alkanes) is 48. The van der Waals surface area contributed by atoms with E-state index in [0.717, 1.165) is 102 Å². The Morgan fingerprint density at radius 1 is 0.284 bits per heavy atom. The highest BCUT2D eigenvalue weighted by Crippen LogP contribution is 2.45. The summed E-state index contributed by atoms with van der Waals surface area (Å²) in [6, 6.07) is 0. The van der Waals surface area contributed by atoms with Gasteiger partial charge in [0.15, 0.2) is 12.2 Å². The third-order valence-electron chi connectivity index (χ3n) is 17.8. The van der Waals surface area contributed by atoms with Crippen molar-refractivity contribution in [1.82, 2.24) is 0 Å². The van der Waals surface area contributed by atoms with Crippen molar-refractivity contribution in [2.45, 2.75) is 419 Å². The van der Waals surface area contributed by atoms with E-state index in [2.05, 4.69) is 34.6 Å². The number of carbonyl (C=O) groups is 4. The summed E-state index contributed by atoms with van der Waals surface area (Å²) in [6.07, 6.45) is 58.4. The second kappa shape index (κ2) is 69.2. The van der Waals surface area contributed by atoms with Gasteiger partial charge in [0, 0.05) is 25.7 Å². The van der Waals surface area contributed by atoms with Crippen LogP contribution in [0.4, 0.5) is 0 Å². The average Bonchev–Trinajstić information content (AvgIpc) is 1.52. The van der Waals surface area contributed by atoms with Gasteiger partial charge in [-0.25, -0.2) is 9.13 Å². The van der Waals surface area contributed by atoms with Gasteiger partial charge in [0.05, 0.1) is 26.4 Å². The fraction of sp³-hybridized carbons (Fsp3) is 0.947. The van der Waals surface area contributed by atoms with Gasteiger partial charge in [-0.2, -0.15) is 0 Å². The number of aliphatic hydroxyl groups excluding tert-OH is 1. The molecule has 0 aliphatic carbocycles. The molecule has 0 spiro atoms. The molecule has 0 heterocycles. The molecule has 95 heavy (non-hydrogen) atoms. The molecule has 0 radical (unpaired) electrons. The maximum Gasteiger partial charge on any atom is 0.472 e. The zero-order chi connectivity index (χ0) is 69.8. The summed E-state index contributed by atoms with van der Waals surface area (Å²) < 4.78 is 68.4. The number of phosphoric acid groups is 2. The maximum absolute atomic E-state index is 13.1. The number of phosphoric ester groups is 2. The number of rotatable bonds is 76. The van der Waals surface area contributed by atoms with Crippen molar-refractivity contribution < 1.29 is 80.2 Å². The molecule has 564 valence electrons. The molecule has 3 N–H and O–H groups in total. The van der Waals surface area contributed by atoms with Crippen LogP contribution in [-0.2, 0) is 65.4 Å². The second-order valence-electron chi connectivity index (χ2n) is 27.9. The van der Waals surface area contributed by atoms with Gasteiger partial charge in [0.25, 0.3) is 0 Å². The highest BCUT2D eigenvalue weighted by Gasteiger charge is 2.30. The van der Waals surface area contributed by atoms with Gasteiger partial charge < -0.3 is 33.8 Å². The molecular weight excluding hydrogens is 1250 g/mol. The lowest BCUT2D eigenvalue weighted by Crippen LogP contribution is -2.30. The van der Waals surface area contributed by atoms with Gasteiger partial charge in [0.1, 0.15) is 19.3 Å². The van der Waals surface area contributed by atoms with E-state index in [-0.39, 0.29) is 25.7 Å². The summed E-state index contributed by atoms with van der Waals surface area (Å²) in [7, 11) is -9.90. The summed E-state index contributed by atoms with van der Waals surface area (Å²) in [6.45, 7) is 7.29. The number of hydrogen-bond donors (Lipinski definition) is 3. The lowest BCUT2D eigenvalue weighted by atomic mass is 10.0. The number of aliphatic hydroxyl groups is 1. The van der Waals surface area contributed by atoms with E-state index in [1.54, 1.807) is 0 Å². The average molecular weight is 1400 g/mol. The van der Waals surface area contributed by atoms with Gasteiger partial charge in [-0.3, -0.25) is 37.3 Å². The van der Waals surface area contributed by atoms with Crippen LogP contribution in [0, 0.1) is 5.92 Å². The van der Waals surface area contributed by atoms with E-state index in [4.69, 9.17) is 37.0 Å². The molecule has 0 saturated carbocycles. The Morgan fingerprint density at radius 3 is 0.716 bits per heavy atom. The predicted molar refractivity (Wildman–Crippen MR) is 386 cm³/mol. The molecule has 0 amide bonds. The van der Waals surface area contributed by atoms with E-state index in [9.17, 15) is 43.2 Å². The van der Waals surface area contributed by atoms with Crippen molar-refractivity contribution in [3.8, 4) is 0 Å². The first-order chi connectivity index (χ1) is 46.0. The summed E-state index contributed by atoms with van der Waals surface area (Å²) in [5.41, 5.74) is 0. The van der Waals surface area contributed by atoms with Crippen molar-refractivity contribution in [1.29, 1.82) is 0 Å². The van der Waals surface area contributed by atoms with Crippen LogP contribution >= 0.6 is 15.6 Å². The second-order valence-corrected chi connectivity index (χ2v) is 30.8. The molecule has 5 atom stereocenters. The van der Waals surface area contributed by atoms with Crippen LogP contribution in [0.25, 0.3) is 0 Å². The topological polar surface area (TPSA) is 237 Å². The maximum atomic E-state index is 13.1. The minimum Gasteiger partial charge on any atom is -0.462 e. The molecule has 17 nitrogen and oxygen atoms in total. The standard InChI is InChI=1S/C76H148O17P2/c1-6-9-12-15-18-21-23-24-25-26-27-31-34-37-41-45-50-55-60-74(79)87-66-72(93-76(81)62-57-52-47-42-38-35-32-29-28-30-33-36-39-43-48-53-58-69(4)5)68-91-95(84,85)89-64-70(77)63-88-94(82,83)90-67-71(65-86-73(78)59-54-49-44-20-17-14-11-8-3)92-75(80)61-56-51-46-40-22-19-16-13-10-7-2/h69-72,77H,6-68H2,1-5H3,(H,82,83)(H,84,85)/t70-,71+,72+/m0/s1. The van der Waals surface area contributed by atoms with Crippen molar-refractivity contribution in [3.05, 3.63) is 0 Å². The molecule has 0 aromatic heterocycles. The third-order valence-corrected chi connectivity index (χ3v) is 19.7. The van der Waals surface area contributed by atoms with Crippen molar-refractivity contribution in [2.24, 2.45) is 5.92 Å². The van der Waals surface area contributed by atoms with Crippen molar-refractivity contribution in [2.75, 3.05) is 39.6 Å². The summed E-state index contributed by atoms with van der Waals surface area (Å²) in [5, 5.41) is 10.6. The summed E-state index contributed by atoms with van der Waals surface area (Å²) >= 11 is 0. The Labute approximate surface area is 581 Å². The van der Waals surface area contributed by atoms with Crippen LogP contribution < -0.4 is 0 Å². The molecule has 0 bridgehead atoms. The zero-order valence-corrected chi connectivity index (χ0v) is 63.6. The van der Waals surface area contributed by atoms with Gasteiger partial charge in [-0.1, -0.05) is 349 Å². The Bertz CT molecular complexity index is 1820. The quantitative estimate of drug-likeness (QED) is 0.0222. The van der Waals surface area contributed by atoms with Gasteiger partial charge in [-0.05, 0) is 31.6 Å². The minimum absolute atomic E-state index is 0.107. The molecule has 0 aromatic carbocycles. The van der Waals surface area contributed by atoms with Crippen LogP contribution in [-0.4, -0.2) is 96.7 Å². The zero-order valence-electron chi connectivity index (χ0n) is 61.8. The first-order valence-electron chi connectivity index (χ1n) is 39.6. The summed E-state index contributed by atoms with van der Waals surface area (Å²) in [4.78, 5) is 72.7. The van der Waals surface area contributed by atoms with Crippen LogP contribution in [0.2, 0.25) is 0 Å². The van der Waals surface area contributed by atoms with Crippen LogP contribution in [0.1, 0.15) is 401 Å². The molecule has 0 aliphatic rings. The summed E-state index contributed by atoms with van der Waals surface area (Å²) in [5.74, 6) is -1.31. The lowest BCUT2D eigenvalue weighted by molar-refractivity contribution is -0.161. The number of esters is 4. The highest BCUT2D eigenvalue weighted by atomic mass is 31.2. The van der Waals surface area contributed by atoms with E-state index in [1.165, 1.54) is 218 Å². The van der Waals surface area contributed by atoms with Gasteiger partial charge in [0.2, 0.25) is 0 Å². The van der Waals surface area contributed by atoms with Crippen LogP contribution in [0.15, 0.2) is 0 Å². The van der Waals surface area contributed by atoms with Crippen molar-refractivity contribution >= 4 is 39.5 Å². The normalized spacial score (nSPS) is 13.9. The smallest absolute Gasteiger partial charge is 0.462 e. The number of ether oxygens (including phenoxy) is 4. The van der Waals surface area contributed by atoms with Crippen LogP contribution in [0.3, 0.4) is 0 Å². The first kappa shape index (κ1) is 93.1. The fourth-order valence-corrected chi connectivity index (χ4v) is 13.3. The van der Waals surface area contributed by atoms with E-state index < -0.39 is 97.5 Å². The Morgan fingerprint density at radius 2 is 0.484 bits per heavy atom. The fourth-order valence-electron chi connectivity index (χ4n) is 11.7. The number of carbonyl (C=O) groups excluding carboxylic acids is 4. The molecule has 2 unspecified atom stereocenters. The molecule has 0 rings (SSSR count). The Kier molecular flexibility index (Phi) is 67.7. The highest BCUT2D eigenvalue weighted by molar-refractivity contribution is 7.47. The van der Waals surface area contributed by atoms with Gasteiger partial charge in [-0.15, -0.1) is 0 Å². The molecular formula is C76H148O17P2. The molecule has 0 fully saturated rings. The third kappa shape index (κ3) is 70.3. The Hall–Kier alpha value is -1.94. The van der Waals surface area contributed by atoms with Crippen molar-refractivity contribution in [3.63, 3.8) is 0 Å². The first-order valence-corrected chi connectivity index (χ1v) is 42.6. The molecule has 19 heteroatoms. The predicted octanol–water partition coefficient (Wildman–Crippen LogP) is 22.5. The largest absolute Gasteiger partial charge is 0.472 e. The van der Waals surface area contributed by atoms with E-state index in [1.807, 2.05) is 0 Å². The lowest BCUT2D eigenvalue weighted by Gasteiger charge is -2.21. The molecule has 0 aromatic rings. The SMILES string of the molecule is CCCCCCCCCCCCCCCCCCCCC(=O)OC[C@H](COP(=O)(O)OC[C@@H](O)COP(=O)(O)OC[C@@H](COC(=O)CCCCCCCCCC)OC(=O)CCCCCCCCCCCC)OC(=O)CCCCCCCCCCCCCCCCCCC(C)C. The molecule has 0 aliphatic heterocycles. The van der Waals surface area contributed by atoms with E-state index in [0.29, 0.717) is 25.7 Å². The van der Waals surface area contributed by atoms with E-state index >= 15 is 0 Å². The molecule has 0 saturated heterocycles. The van der Waals surface area contributed by atoms with Gasteiger partial charge >= 0.3 is 39.5 Å².